The van der Waals surface area contributed by atoms with Crippen LogP contribution in [-0.2, 0) is 19.1 Å². The minimum Gasteiger partial charge on any atom is -0.481 e. The lowest BCUT2D eigenvalue weighted by Gasteiger charge is -2.69. The molecule has 0 aliphatic heterocycles. The first-order valence-corrected chi connectivity index (χ1v) is 13.2. The summed E-state index contributed by atoms with van der Waals surface area (Å²) in [7, 11) is 0. The van der Waals surface area contributed by atoms with Gasteiger partial charge in [0.05, 0.1) is 6.42 Å². The van der Waals surface area contributed by atoms with Gasteiger partial charge >= 0.3 is 11.9 Å². The lowest BCUT2D eigenvalue weighted by atomic mass is 9.35. The van der Waals surface area contributed by atoms with Gasteiger partial charge < -0.3 is 9.84 Å². The maximum Gasteiger partial charge on any atom is 0.303 e. The van der Waals surface area contributed by atoms with E-state index in [0.717, 1.165) is 51.4 Å². The van der Waals surface area contributed by atoms with Gasteiger partial charge in [0.1, 0.15) is 11.9 Å². The number of carboxylic acids is 1. The molecule has 186 valence electrons. The Balaban J connectivity index is 1.60. The van der Waals surface area contributed by atoms with Crippen LogP contribution in [0.4, 0.5) is 0 Å². The number of carbonyl (C=O) groups excluding carboxylic acids is 2. The molecule has 0 aromatic carbocycles. The summed E-state index contributed by atoms with van der Waals surface area (Å²) < 4.78 is 5.81. The number of carboxylic acid groups (broad SMARTS) is 1. The zero-order valence-electron chi connectivity index (χ0n) is 21.5. The van der Waals surface area contributed by atoms with E-state index in [0.29, 0.717) is 17.8 Å². The monoisotopic (exact) mass is 460 g/mol. The van der Waals surface area contributed by atoms with E-state index in [1.54, 1.807) is 0 Å². The minimum atomic E-state index is -0.877. The number of Topliss-reactive ketones (excluding diaryl/α,β-unsaturated/α-hetero) is 1. The maximum absolute atomic E-state index is 13.0. The molecule has 0 aromatic heterocycles. The molecule has 5 nitrogen and oxygen atoms in total. The van der Waals surface area contributed by atoms with Crippen LogP contribution in [-0.4, -0.2) is 28.9 Å². The maximum atomic E-state index is 13.0. The first-order chi connectivity index (χ1) is 15.3. The summed E-state index contributed by atoms with van der Waals surface area (Å²) in [5.41, 5.74) is 0.493. The van der Waals surface area contributed by atoms with Gasteiger partial charge in [-0.25, -0.2) is 0 Å². The van der Waals surface area contributed by atoms with Crippen LogP contribution in [0, 0.1) is 45.3 Å². The third-order valence-electron chi connectivity index (χ3n) is 11.6. The van der Waals surface area contributed by atoms with Gasteiger partial charge in [0.15, 0.2) is 0 Å². The molecule has 0 saturated heterocycles. The molecule has 0 radical (unpaired) electrons. The molecule has 4 aliphatic rings. The van der Waals surface area contributed by atoms with Crippen molar-refractivity contribution < 1.29 is 24.2 Å². The number of ketones is 1. The fraction of sp³-hybridized carbons (Fsp3) is 0.893. The Morgan fingerprint density at radius 3 is 2.12 bits per heavy atom. The van der Waals surface area contributed by atoms with Crippen molar-refractivity contribution in [1.82, 2.24) is 0 Å². The standard InChI is InChI=1S/C28H44O5/c1-17(29)33-23-13-14-26(4)21(25(23,2)3)12-16-28(6)22(26)9-7-19-18(11-15-27(19,28)5)20(30)8-10-24(31)32/h18-19,21-23H,7-16H2,1-6H3,(H,31,32). The Kier molecular flexibility index (Phi) is 6.06. The van der Waals surface area contributed by atoms with E-state index < -0.39 is 5.97 Å². The molecule has 1 N–H and O–H groups in total. The fourth-order valence-corrected chi connectivity index (χ4v) is 9.93. The van der Waals surface area contributed by atoms with Crippen molar-refractivity contribution in [2.45, 2.75) is 112 Å². The van der Waals surface area contributed by atoms with Crippen molar-refractivity contribution in [3.63, 3.8) is 0 Å². The topological polar surface area (TPSA) is 80.7 Å². The lowest BCUT2D eigenvalue weighted by molar-refractivity contribution is -0.226. The molecule has 0 aromatic rings. The normalized spacial score (nSPS) is 45.9. The second kappa shape index (κ2) is 8.09. The van der Waals surface area contributed by atoms with Crippen LogP contribution in [0.1, 0.15) is 106 Å². The van der Waals surface area contributed by atoms with Crippen LogP contribution in [0.15, 0.2) is 0 Å². The second-order valence-electron chi connectivity index (χ2n) is 13.1. The molecule has 4 saturated carbocycles. The Hall–Kier alpha value is -1.39. The van der Waals surface area contributed by atoms with Crippen molar-refractivity contribution in [2.24, 2.45) is 45.3 Å². The van der Waals surface area contributed by atoms with Crippen molar-refractivity contribution >= 4 is 17.7 Å². The highest BCUT2D eigenvalue weighted by molar-refractivity contribution is 5.85. The number of rotatable bonds is 5. The molecule has 8 atom stereocenters. The van der Waals surface area contributed by atoms with Crippen molar-refractivity contribution in [2.75, 3.05) is 0 Å². The van der Waals surface area contributed by atoms with E-state index in [4.69, 9.17) is 9.84 Å². The third kappa shape index (κ3) is 3.58. The quantitative estimate of drug-likeness (QED) is 0.506. The van der Waals surface area contributed by atoms with Crippen LogP contribution in [0.2, 0.25) is 0 Å². The molecule has 0 spiro atoms. The second-order valence-corrected chi connectivity index (χ2v) is 13.1. The highest BCUT2D eigenvalue weighted by Gasteiger charge is 2.69. The average molecular weight is 461 g/mol. The number of hydrogen-bond acceptors (Lipinski definition) is 4. The summed E-state index contributed by atoms with van der Waals surface area (Å²) in [4.78, 5) is 35.8. The summed E-state index contributed by atoms with van der Waals surface area (Å²) >= 11 is 0. The van der Waals surface area contributed by atoms with Crippen molar-refractivity contribution in [3.05, 3.63) is 0 Å². The lowest BCUT2D eigenvalue weighted by Crippen LogP contribution is -2.64. The van der Waals surface area contributed by atoms with E-state index in [1.165, 1.54) is 6.92 Å². The predicted octanol–water partition coefficient (Wildman–Crippen LogP) is 6.04. The van der Waals surface area contributed by atoms with Crippen LogP contribution in [0.3, 0.4) is 0 Å². The number of ether oxygens (including phenoxy) is 1. The van der Waals surface area contributed by atoms with Crippen LogP contribution >= 0.6 is 0 Å². The molecule has 0 heterocycles. The molecule has 4 aliphatic carbocycles. The zero-order valence-corrected chi connectivity index (χ0v) is 21.5. The molecule has 8 unspecified atom stereocenters. The van der Waals surface area contributed by atoms with E-state index in [9.17, 15) is 14.4 Å². The number of esters is 1. The summed E-state index contributed by atoms with van der Waals surface area (Å²) in [5, 5.41) is 9.05. The van der Waals surface area contributed by atoms with Gasteiger partial charge in [0.25, 0.3) is 0 Å². The Morgan fingerprint density at radius 2 is 1.48 bits per heavy atom. The number of hydrogen-bond donors (Lipinski definition) is 1. The van der Waals surface area contributed by atoms with Gasteiger partial charge in [0, 0.05) is 24.7 Å². The highest BCUT2D eigenvalue weighted by Crippen LogP contribution is 2.75. The summed E-state index contributed by atoms with van der Waals surface area (Å²) in [6, 6.07) is 0. The van der Waals surface area contributed by atoms with Gasteiger partial charge in [0.2, 0.25) is 0 Å². The van der Waals surface area contributed by atoms with Crippen molar-refractivity contribution in [1.29, 1.82) is 0 Å². The highest BCUT2D eigenvalue weighted by atomic mass is 16.5. The molecule has 33 heavy (non-hydrogen) atoms. The summed E-state index contributed by atoms with van der Waals surface area (Å²) in [6.07, 6.45) is 8.70. The zero-order chi connectivity index (χ0) is 24.4. The average Bonchev–Trinajstić information content (AvgIpc) is 3.06. The summed E-state index contributed by atoms with van der Waals surface area (Å²) in [6.45, 7) is 13.6. The fourth-order valence-electron chi connectivity index (χ4n) is 9.93. The van der Waals surface area contributed by atoms with Crippen molar-refractivity contribution in [3.8, 4) is 0 Å². The van der Waals surface area contributed by atoms with E-state index in [2.05, 4.69) is 34.6 Å². The smallest absolute Gasteiger partial charge is 0.303 e. The van der Waals surface area contributed by atoms with E-state index in [1.807, 2.05) is 0 Å². The van der Waals surface area contributed by atoms with Gasteiger partial charge in [-0.1, -0.05) is 34.6 Å². The largest absolute Gasteiger partial charge is 0.481 e. The van der Waals surface area contributed by atoms with E-state index in [-0.39, 0.29) is 58.3 Å². The summed E-state index contributed by atoms with van der Waals surface area (Å²) in [5.74, 6) is 0.675. The molecule has 4 fully saturated rings. The van der Waals surface area contributed by atoms with Crippen LogP contribution < -0.4 is 0 Å². The molecule has 5 heteroatoms. The van der Waals surface area contributed by atoms with Gasteiger partial charge in [-0.2, -0.15) is 0 Å². The number of fused-ring (bicyclic) bond motifs is 5. The molecule has 0 bridgehead atoms. The Labute approximate surface area is 199 Å². The molecule has 0 amide bonds. The third-order valence-corrected chi connectivity index (χ3v) is 11.6. The minimum absolute atomic E-state index is 0.00734. The first-order valence-electron chi connectivity index (χ1n) is 13.2. The molecular formula is C28H44O5. The van der Waals surface area contributed by atoms with Gasteiger partial charge in [-0.3, -0.25) is 14.4 Å². The van der Waals surface area contributed by atoms with Gasteiger partial charge in [-0.05, 0) is 85.4 Å². The number of aliphatic carboxylic acids is 1. The number of carbonyl (C=O) groups is 3. The van der Waals surface area contributed by atoms with Gasteiger partial charge in [-0.15, -0.1) is 0 Å². The first kappa shape index (κ1) is 24.7. The predicted molar refractivity (Wildman–Crippen MR) is 126 cm³/mol. The Bertz CT molecular complexity index is 832. The molecular weight excluding hydrogens is 416 g/mol. The van der Waals surface area contributed by atoms with E-state index >= 15 is 0 Å². The van der Waals surface area contributed by atoms with Crippen LogP contribution in [0.25, 0.3) is 0 Å². The van der Waals surface area contributed by atoms with Crippen LogP contribution in [0.5, 0.6) is 0 Å². The molecule has 4 rings (SSSR count). The SMILES string of the molecule is CC(=O)OC1CCC2(C)C(CCC3(C)C2CCC2C(C(=O)CCC(=O)O)CCC23C)C1(C)C. The Morgan fingerprint density at radius 1 is 0.818 bits per heavy atom.